The van der Waals surface area contributed by atoms with Gasteiger partial charge in [0.15, 0.2) is 0 Å². The first-order chi connectivity index (χ1) is 13.2. The molecule has 0 aliphatic carbocycles. The van der Waals surface area contributed by atoms with Crippen LogP contribution in [0.15, 0.2) is 48.8 Å². The van der Waals surface area contributed by atoms with Gasteiger partial charge in [0.05, 0.1) is 11.9 Å². The lowest BCUT2D eigenvalue weighted by atomic mass is 9.97. The first-order valence-corrected chi connectivity index (χ1v) is 9.65. The van der Waals surface area contributed by atoms with E-state index in [4.69, 9.17) is 0 Å². The van der Waals surface area contributed by atoms with Gasteiger partial charge in [-0.25, -0.2) is 0 Å². The Labute approximate surface area is 160 Å². The Morgan fingerprint density at radius 1 is 1.07 bits per heavy atom. The van der Waals surface area contributed by atoms with Crippen LogP contribution in [0.5, 0.6) is 0 Å². The molecule has 3 heterocycles. The predicted octanol–water partition coefficient (Wildman–Crippen LogP) is 2.14. The molecule has 0 spiro atoms. The second kappa shape index (κ2) is 8.06. The Balaban J connectivity index is 1.25. The van der Waals surface area contributed by atoms with Gasteiger partial charge in [0.1, 0.15) is 0 Å². The van der Waals surface area contributed by atoms with Gasteiger partial charge < -0.3 is 20.0 Å². The standard InChI is InChI=1S/C21H27N5O/c1-24-9-11-25(12-10-24)14-17-15-26(16-17)21(27)18-4-6-19(7-5-18)23-20-3-2-8-22-13-20/h2-8,13,17,23H,9-12,14-16H2,1H3. The molecule has 0 radical (unpaired) electrons. The van der Waals surface area contributed by atoms with Gasteiger partial charge in [-0.15, -0.1) is 0 Å². The average molecular weight is 365 g/mol. The summed E-state index contributed by atoms with van der Waals surface area (Å²) in [5, 5.41) is 3.29. The maximum Gasteiger partial charge on any atom is 0.253 e. The van der Waals surface area contributed by atoms with Gasteiger partial charge in [0, 0.05) is 69.2 Å². The molecule has 1 aromatic heterocycles. The number of nitrogens with zero attached hydrogens (tertiary/aromatic N) is 4. The molecule has 2 fully saturated rings. The van der Waals surface area contributed by atoms with Crippen molar-refractivity contribution in [2.45, 2.75) is 0 Å². The number of nitrogens with one attached hydrogen (secondary N) is 1. The number of rotatable bonds is 5. The number of carbonyl (C=O) groups excluding carboxylic acids is 1. The zero-order valence-electron chi connectivity index (χ0n) is 15.8. The normalized spacial score (nSPS) is 18.9. The minimum atomic E-state index is 0.137. The SMILES string of the molecule is CN1CCN(CC2CN(C(=O)c3ccc(Nc4cccnc4)cc3)C2)CC1. The summed E-state index contributed by atoms with van der Waals surface area (Å²) >= 11 is 0. The third-order valence-corrected chi connectivity index (χ3v) is 5.44. The van der Waals surface area contributed by atoms with Gasteiger partial charge in [-0.05, 0) is 43.4 Å². The van der Waals surface area contributed by atoms with Crippen molar-refractivity contribution < 1.29 is 4.79 Å². The van der Waals surface area contributed by atoms with Crippen LogP contribution in [0.2, 0.25) is 0 Å². The van der Waals surface area contributed by atoms with Crippen molar-refractivity contribution in [3.8, 4) is 0 Å². The molecule has 27 heavy (non-hydrogen) atoms. The summed E-state index contributed by atoms with van der Waals surface area (Å²) in [5.41, 5.74) is 2.65. The zero-order valence-corrected chi connectivity index (χ0v) is 15.8. The molecule has 0 unspecified atom stereocenters. The largest absolute Gasteiger partial charge is 0.354 e. The molecular formula is C21H27N5O. The van der Waals surface area contributed by atoms with Crippen LogP contribution in [0, 0.1) is 5.92 Å². The van der Waals surface area contributed by atoms with Crippen LogP contribution >= 0.6 is 0 Å². The van der Waals surface area contributed by atoms with Crippen LogP contribution in [0.1, 0.15) is 10.4 Å². The lowest BCUT2D eigenvalue weighted by Gasteiger charge is -2.43. The molecule has 4 rings (SSSR count). The fraction of sp³-hybridized carbons (Fsp3) is 0.429. The quantitative estimate of drug-likeness (QED) is 0.880. The van der Waals surface area contributed by atoms with Crippen LogP contribution < -0.4 is 5.32 Å². The average Bonchev–Trinajstić information content (AvgIpc) is 2.67. The van der Waals surface area contributed by atoms with E-state index in [9.17, 15) is 4.79 Å². The van der Waals surface area contributed by atoms with Crippen molar-refractivity contribution in [1.29, 1.82) is 0 Å². The fourth-order valence-corrected chi connectivity index (χ4v) is 3.73. The number of likely N-dealkylation sites (tertiary alicyclic amines) is 1. The molecular weight excluding hydrogens is 338 g/mol. The number of hydrogen-bond donors (Lipinski definition) is 1. The van der Waals surface area contributed by atoms with Crippen molar-refractivity contribution in [2.24, 2.45) is 5.92 Å². The van der Waals surface area contributed by atoms with E-state index in [-0.39, 0.29) is 5.91 Å². The van der Waals surface area contributed by atoms with Crippen molar-refractivity contribution >= 4 is 17.3 Å². The Kier molecular flexibility index (Phi) is 5.36. The second-order valence-corrected chi connectivity index (χ2v) is 7.62. The Morgan fingerprint density at radius 2 is 1.81 bits per heavy atom. The van der Waals surface area contributed by atoms with E-state index in [2.05, 4.69) is 27.1 Å². The van der Waals surface area contributed by atoms with Crippen molar-refractivity contribution in [2.75, 3.05) is 58.2 Å². The summed E-state index contributed by atoms with van der Waals surface area (Å²) in [6, 6.07) is 11.5. The molecule has 0 bridgehead atoms. The van der Waals surface area contributed by atoms with Crippen molar-refractivity contribution in [3.05, 3.63) is 54.4 Å². The molecule has 142 valence electrons. The van der Waals surface area contributed by atoms with Gasteiger partial charge in [-0.3, -0.25) is 9.78 Å². The predicted molar refractivity (Wildman–Crippen MR) is 107 cm³/mol. The lowest BCUT2D eigenvalue weighted by molar-refractivity contribution is 0.0359. The number of likely N-dealkylation sites (N-methyl/N-ethyl adjacent to an activating group) is 1. The van der Waals surface area contributed by atoms with E-state index < -0.39 is 0 Å². The van der Waals surface area contributed by atoms with Gasteiger partial charge in [-0.1, -0.05) is 0 Å². The number of benzene rings is 1. The summed E-state index contributed by atoms with van der Waals surface area (Å²) in [6.07, 6.45) is 3.52. The highest BCUT2D eigenvalue weighted by Crippen LogP contribution is 2.22. The Hall–Kier alpha value is -2.44. The topological polar surface area (TPSA) is 51.7 Å². The highest BCUT2D eigenvalue weighted by Gasteiger charge is 2.32. The Morgan fingerprint density at radius 3 is 2.48 bits per heavy atom. The van der Waals surface area contributed by atoms with Gasteiger partial charge >= 0.3 is 0 Å². The molecule has 6 nitrogen and oxygen atoms in total. The molecule has 6 heteroatoms. The third kappa shape index (κ3) is 4.46. The van der Waals surface area contributed by atoms with Crippen LogP contribution in [0.25, 0.3) is 0 Å². The van der Waals surface area contributed by atoms with E-state index in [0.717, 1.165) is 62.8 Å². The molecule has 0 saturated carbocycles. The molecule has 2 saturated heterocycles. The molecule has 1 amide bonds. The van der Waals surface area contributed by atoms with Crippen molar-refractivity contribution in [3.63, 3.8) is 0 Å². The third-order valence-electron chi connectivity index (χ3n) is 5.44. The minimum Gasteiger partial charge on any atom is -0.354 e. The van der Waals surface area contributed by atoms with Crippen LogP contribution in [0.3, 0.4) is 0 Å². The molecule has 2 aliphatic rings. The van der Waals surface area contributed by atoms with Crippen molar-refractivity contribution in [1.82, 2.24) is 19.7 Å². The molecule has 1 N–H and O–H groups in total. The fourth-order valence-electron chi connectivity index (χ4n) is 3.73. The first-order valence-electron chi connectivity index (χ1n) is 9.65. The minimum absolute atomic E-state index is 0.137. The van der Waals surface area contributed by atoms with E-state index in [1.54, 1.807) is 12.4 Å². The highest BCUT2D eigenvalue weighted by atomic mass is 16.2. The molecule has 2 aliphatic heterocycles. The van der Waals surface area contributed by atoms with Crippen LogP contribution in [-0.2, 0) is 0 Å². The maximum absolute atomic E-state index is 12.7. The number of hydrogen-bond acceptors (Lipinski definition) is 5. The Bertz CT molecular complexity index is 750. The van der Waals surface area contributed by atoms with E-state index in [1.807, 2.05) is 41.3 Å². The number of piperazine rings is 1. The zero-order chi connectivity index (χ0) is 18.6. The van der Waals surface area contributed by atoms with E-state index in [1.165, 1.54) is 0 Å². The van der Waals surface area contributed by atoms with Crippen LogP contribution in [0.4, 0.5) is 11.4 Å². The number of anilines is 2. The monoisotopic (exact) mass is 365 g/mol. The lowest BCUT2D eigenvalue weighted by Crippen LogP contribution is -2.55. The number of amides is 1. The molecule has 1 aromatic carbocycles. The summed E-state index contributed by atoms with van der Waals surface area (Å²) in [7, 11) is 2.18. The van der Waals surface area contributed by atoms with Gasteiger partial charge in [-0.2, -0.15) is 0 Å². The van der Waals surface area contributed by atoms with E-state index in [0.29, 0.717) is 5.92 Å². The number of pyridine rings is 1. The van der Waals surface area contributed by atoms with Gasteiger partial charge in [0.25, 0.3) is 5.91 Å². The second-order valence-electron chi connectivity index (χ2n) is 7.62. The highest BCUT2D eigenvalue weighted by molar-refractivity contribution is 5.95. The van der Waals surface area contributed by atoms with Crippen LogP contribution in [-0.4, -0.2) is 78.5 Å². The van der Waals surface area contributed by atoms with E-state index >= 15 is 0 Å². The number of aromatic nitrogens is 1. The molecule has 0 atom stereocenters. The van der Waals surface area contributed by atoms with Gasteiger partial charge in [0.2, 0.25) is 0 Å². The smallest absolute Gasteiger partial charge is 0.253 e. The summed E-state index contributed by atoms with van der Waals surface area (Å²) < 4.78 is 0. The number of carbonyl (C=O) groups is 1. The molecule has 2 aromatic rings. The summed E-state index contributed by atoms with van der Waals surface area (Å²) in [4.78, 5) is 23.6. The first kappa shape index (κ1) is 17.9. The summed E-state index contributed by atoms with van der Waals surface area (Å²) in [5.74, 6) is 0.751. The maximum atomic E-state index is 12.7. The summed E-state index contributed by atoms with van der Waals surface area (Å²) in [6.45, 7) is 7.45.